The minimum absolute atomic E-state index is 0.107. The fourth-order valence-electron chi connectivity index (χ4n) is 2.75. The highest BCUT2D eigenvalue weighted by Gasteiger charge is 2.18. The fourth-order valence-corrected chi connectivity index (χ4v) is 2.75. The molecule has 0 radical (unpaired) electrons. The maximum atomic E-state index is 5.29. The van der Waals surface area contributed by atoms with Crippen LogP contribution < -0.4 is 10.1 Å². The quantitative estimate of drug-likeness (QED) is 0.799. The zero-order chi connectivity index (χ0) is 14.8. The van der Waals surface area contributed by atoms with Crippen molar-refractivity contribution in [3.8, 4) is 5.75 Å². The Morgan fingerprint density at radius 3 is 2.76 bits per heavy atom. The van der Waals surface area contributed by atoms with Crippen molar-refractivity contribution in [2.75, 3.05) is 14.2 Å². The highest BCUT2D eigenvalue weighted by atomic mass is 16.5. The minimum Gasteiger partial charge on any atom is -0.497 e. The third kappa shape index (κ3) is 2.38. The van der Waals surface area contributed by atoms with E-state index in [9.17, 15) is 0 Å². The van der Waals surface area contributed by atoms with E-state index in [1.807, 2.05) is 42.2 Å². The topological polar surface area (TPSA) is 38.6 Å². The first-order valence-electron chi connectivity index (χ1n) is 6.98. The average Bonchev–Trinajstić information content (AvgIpc) is 2.94. The van der Waals surface area contributed by atoms with Crippen molar-refractivity contribution in [3.05, 3.63) is 65.5 Å². The molecule has 1 atom stereocenters. The number of aryl methyl sites for hydroxylation is 1. The van der Waals surface area contributed by atoms with Crippen molar-refractivity contribution in [2.24, 2.45) is 0 Å². The van der Waals surface area contributed by atoms with Gasteiger partial charge in [-0.25, -0.2) is 4.52 Å². The van der Waals surface area contributed by atoms with Crippen LogP contribution in [0.1, 0.15) is 22.7 Å². The molecule has 1 unspecified atom stereocenters. The first-order chi connectivity index (χ1) is 10.2. The Morgan fingerprint density at radius 2 is 2.05 bits per heavy atom. The predicted octanol–water partition coefficient (Wildman–Crippen LogP) is 2.96. The highest BCUT2D eigenvalue weighted by molar-refractivity contribution is 5.58. The molecule has 21 heavy (non-hydrogen) atoms. The summed E-state index contributed by atoms with van der Waals surface area (Å²) in [6, 6.07) is 12.4. The molecule has 0 amide bonds. The second-order valence-corrected chi connectivity index (χ2v) is 5.07. The van der Waals surface area contributed by atoms with Crippen LogP contribution in [0.15, 0.2) is 48.8 Å². The monoisotopic (exact) mass is 281 g/mol. The van der Waals surface area contributed by atoms with Crippen molar-refractivity contribution < 1.29 is 4.74 Å². The van der Waals surface area contributed by atoms with Gasteiger partial charge in [0.05, 0.1) is 24.9 Å². The van der Waals surface area contributed by atoms with Crippen LogP contribution in [0.5, 0.6) is 5.75 Å². The van der Waals surface area contributed by atoms with Crippen LogP contribution >= 0.6 is 0 Å². The largest absolute Gasteiger partial charge is 0.497 e. The number of pyridine rings is 1. The van der Waals surface area contributed by atoms with Crippen molar-refractivity contribution in [1.29, 1.82) is 0 Å². The van der Waals surface area contributed by atoms with E-state index in [0.29, 0.717) is 0 Å². The van der Waals surface area contributed by atoms with Crippen molar-refractivity contribution >= 4 is 5.52 Å². The van der Waals surface area contributed by atoms with E-state index in [4.69, 9.17) is 4.74 Å². The Balaban J connectivity index is 2.10. The van der Waals surface area contributed by atoms with Crippen LogP contribution in [0.3, 0.4) is 0 Å². The van der Waals surface area contributed by atoms with Crippen LogP contribution in [0, 0.1) is 6.92 Å². The number of hydrogen-bond acceptors (Lipinski definition) is 3. The zero-order valence-corrected chi connectivity index (χ0v) is 12.5. The van der Waals surface area contributed by atoms with Gasteiger partial charge in [0.15, 0.2) is 0 Å². The lowest BCUT2D eigenvalue weighted by Crippen LogP contribution is -2.18. The van der Waals surface area contributed by atoms with Crippen LogP contribution in [0.2, 0.25) is 0 Å². The van der Waals surface area contributed by atoms with E-state index in [0.717, 1.165) is 11.3 Å². The molecular formula is C17H19N3O. The number of nitrogens with zero attached hydrogens (tertiary/aromatic N) is 2. The Morgan fingerprint density at radius 1 is 1.19 bits per heavy atom. The van der Waals surface area contributed by atoms with E-state index in [2.05, 4.69) is 35.5 Å². The van der Waals surface area contributed by atoms with E-state index >= 15 is 0 Å². The second-order valence-electron chi connectivity index (χ2n) is 5.07. The third-order valence-corrected chi connectivity index (χ3v) is 3.84. The average molecular weight is 281 g/mol. The smallest absolute Gasteiger partial charge is 0.119 e. The van der Waals surface area contributed by atoms with Gasteiger partial charge in [-0.05, 0) is 49.4 Å². The molecule has 4 heteroatoms. The summed E-state index contributed by atoms with van der Waals surface area (Å²) in [6.07, 6.45) is 3.90. The number of benzene rings is 1. The summed E-state index contributed by atoms with van der Waals surface area (Å²) in [5.41, 5.74) is 4.72. The SMILES string of the molecule is CNC(c1ccc(OC)cc1C)c1cnn2ccccc12. The lowest BCUT2D eigenvalue weighted by molar-refractivity contribution is 0.414. The van der Waals surface area contributed by atoms with Gasteiger partial charge < -0.3 is 10.1 Å². The van der Waals surface area contributed by atoms with Crippen molar-refractivity contribution in [2.45, 2.75) is 13.0 Å². The summed E-state index contributed by atoms with van der Waals surface area (Å²) in [4.78, 5) is 0. The van der Waals surface area contributed by atoms with E-state index in [1.54, 1.807) is 7.11 Å². The lowest BCUT2D eigenvalue weighted by Gasteiger charge is -2.19. The van der Waals surface area contributed by atoms with Crippen LogP contribution in [0.25, 0.3) is 5.52 Å². The number of rotatable bonds is 4. The molecule has 3 rings (SSSR count). The van der Waals surface area contributed by atoms with Gasteiger partial charge in [0, 0.05) is 11.8 Å². The Hall–Kier alpha value is -2.33. The summed E-state index contributed by atoms with van der Waals surface area (Å²) in [7, 11) is 3.66. The molecular weight excluding hydrogens is 262 g/mol. The number of ether oxygens (including phenoxy) is 1. The molecule has 0 spiro atoms. The first kappa shape index (κ1) is 13.6. The Labute approximate surface area is 124 Å². The third-order valence-electron chi connectivity index (χ3n) is 3.84. The Bertz CT molecular complexity index is 764. The summed E-state index contributed by atoms with van der Waals surface area (Å²) in [6.45, 7) is 2.11. The number of nitrogens with one attached hydrogen (secondary N) is 1. The maximum Gasteiger partial charge on any atom is 0.119 e. The number of fused-ring (bicyclic) bond motifs is 1. The summed E-state index contributed by atoms with van der Waals surface area (Å²) < 4.78 is 7.19. The molecule has 2 heterocycles. The van der Waals surface area contributed by atoms with Crippen molar-refractivity contribution in [1.82, 2.24) is 14.9 Å². The molecule has 2 aromatic heterocycles. The molecule has 0 aliphatic heterocycles. The van der Waals surface area contributed by atoms with Gasteiger partial charge in [-0.15, -0.1) is 0 Å². The molecule has 0 saturated heterocycles. The molecule has 3 aromatic rings. The summed E-state index contributed by atoms with van der Waals surface area (Å²) in [5, 5.41) is 7.83. The van der Waals surface area contributed by atoms with Gasteiger partial charge in [0.25, 0.3) is 0 Å². The molecule has 0 aliphatic rings. The molecule has 0 saturated carbocycles. The fraction of sp³-hybridized carbons (Fsp3) is 0.235. The number of hydrogen-bond donors (Lipinski definition) is 1. The highest BCUT2D eigenvalue weighted by Crippen LogP contribution is 2.29. The molecule has 1 N–H and O–H groups in total. The van der Waals surface area contributed by atoms with Gasteiger partial charge >= 0.3 is 0 Å². The summed E-state index contributed by atoms with van der Waals surface area (Å²) >= 11 is 0. The zero-order valence-electron chi connectivity index (χ0n) is 12.5. The summed E-state index contributed by atoms with van der Waals surface area (Å²) in [5.74, 6) is 0.881. The normalized spacial score (nSPS) is 12.5. The van der Waals surface area contributed by atoms with Crippen LogP contribution in [0.4, 0.5) is 0 Å². The first-order valence-corrected chi connectivity index (χ1v) is 6.98. The molecule has 108 valence electrons. The molecule has 0 bridgehead atoms. The second kappa shape index (κ2) is 5.58. The van der Waals surface area contributed by atoms with E-state index < -0.39 is 0 Å². The van der Waals surface area contributed by atoms with Crippen molar-refractivity contribution in [3.63, 3.8) is 0 Å². The van der Waals surface area contributed by atoms with Gasteiger partial charge in [0.1, 0.15) is 5.75 Å². The predicted molar refractivity (Wildman–Crippen MR) is 83.8 cm³/mol. The number of methoxy groups -OCH3 is 1. The van der Waals surface area contributed by atoms with E-state index in [1.165, 1.54) is 16.7 Å². The maximum absolute atomic E-state index is 5.29. The van der Waals surface area contributed by atoms with E-state index in [-0.39, 0.29) is 6.04 Å². The molecule has 1 aromatic carbocycles. The number of aromatic nitrogens is 2. The molecule has 0 aliphatic carbocycles. The lowest BCUT2D eigenvalue weighted by atomic mass is 9.95. The van der Waals surface area contributed by atoms with Gasteiger partial charge in [-0.1, -0.05) is 12.1 Å². The Kier molecular flexibility index (Phi) is 3.62. The minimum atomic E-state index is 0.107. The van der Waals surface area contributed by atoms with Crippen LogP contribution in [-0.4, -0.2) is 23.8 Å². The molecule has 0 fully saturated rings. The van der Waals surface area contributed by atoms with Gasteiger partial charge in [-0.3, -0.25) is 0 Å². The molecule has 4 nitrogen and oxygen atoms in total. The van der Waals surface area contributed by atoms with Crippen LogP contribution in [-0.2, 0) is 0 Å². The van der Waals surface area contributed by atoms with Gasteiger partial charge in [-0.2, -0.15) is 5.10 Å². The standard InChI is InChI=1S/C17H19N3O/c1-12-10-13(21-3)7-8-14(12)17(18-2)15-11-19-20-9-5-4-6-16(15)20/h4-11,17-18H,1-3H3. The van der Waals surface area contributed by atoms with Gasteiger partial charge in [0.2, 0.25) is 0 Å².